The van der Waals surface area contributed by atoms with Gasteiger partial charge in [-0.25, -0.2) is 0 Å². The number of nitrogens with one attached hydrogen (secondary N) is 1. The van der Waals surface area contributed by atoms with Crippen LogP contribution in [0, 0.1) is 0 Å². The molecule has 6 nitrogen and oxygen atoms in total. The summed E-state index contributed by atoms with van der Waals surface area (Å²) in [6.07, 6.45) is 2.44. The number of amides is 2. The first-order chi connectivity index (χ1) is 14.0. The molecule has 8 heteroatoms. The molecule has 2 aliphatic heterocycles. The van der Waals surface area contributed by atoms with Gasteiger partial charge in [-0.3, -0.25) is 9.59 Å². The zero-order chi connectivity index (χ0) is 20.4. The second kappa shape index (κ2) is 8.26. The van der Waals surface area contributed by atoms with E-state index in [4.69, 9.17) is 21.7 Å². The molecule has 0 bridgehead atoms. The van der Waals surface area contributed by atoms with E-state index in [9.17, 15) is 9.59 Å². The first kappa shape index (κ1) is 19.5. The number of rotatable bonds is 5. The zero-order valence-electron chi connectivity index (χ0n) is 15.6. The molecule has 0 atom stereocenters. The van der Waals surface area contributed by atoms with E-state index in [1.807, 2.05) is 42.5 Å². The van der Waals surface area contributed by atoms with Crippen LogP contribution in [0.25, 0.3) is 6.08 Å². The standard InChI is InChI=1S/C21H18N2O4S2/c1-26-15-4-2-3-13(9-15)7-8-23-16-10-14(5-6-17(16)27-12-19(23)24)11-18-20(25)22-21(28)29-18/h2-6,9-11H,7-8,12H2,1H3,(H,22,25,28)/b18-11+. The molecule has 0 aromatic heterocycles. The molecule has 0 radical (unpaired) electrons. The molecule has 1 N–H and O–H groups in total. The Bertz CT molecular complexity index is 1040. The van der Waals surface area contributed by atoms with Crippen molar-refractivity contribution in [1.82, 2.24) is 5.32 Å². The van der Waals surface area contributed by atoms with E-state index >= 15 is 0 Å². The van der Waals surface area contributed by atoms with Crippen LogP contribution in [-0.2, 0) is 16.0 Å². The summed E-state index contributed by atoms with van der Waals surface area (Å²) in [5, 5.41) is 2.60. The third kappa shape index (κ3) is 4.28. The van der Waals surface area contributed by atoms with Crippen LogP contribution >= 0.6 is 24.0 Å². The number of benzene rings is 2. The van der Waals surface area contributed by atoms with Crippen molar-refractivity contribution in [2.24, 2.45) is 0 Å². The molecule has 2 amide bonds. The van der Waals surface area contributed by atoms with Crippen molar-refractivity contribution in [3.63, 3.8) is 0 Å². The SMILES string of the molecule is COc1cccc(CCN2C(=O)COc3ccc(/C=C4/SC(=S)NC4=O)cc32)c1. The fourth-order valence-electron chi connectivity index (χ4n) is 3.20. The van der Waals surface area contributed by atoms with Crippen molar-refractivity contribution >= 4 is 51.9 Å². The second-order valence-corrected chi connectivity index (χ2v) is 8.23. The minimum atomic E-state index is -0.208. The lowest BCUT2D eigenvalue weighted by atomic mass is 10.1. The lowest BCUT2D eigenvalue weighted by Gasteiger charge is -2.29. The zero-order valence-corrected chi connectivity index (χ0v) is 17.3. The Morgan fingerprint density at radius 2 is 2.14 bits per heavy atom. The monoisotopic (exact) mass is 426 g/mol. The predicted molar refractivity (Wildman–Crippen MR) is 117 cm³/mol. The van der Waals surface area contributed by atoms with Crippen LogP contribution in [0.1, 0.15) is 11.1 Å². The molecule has 2 aromatic carbocycles. The highest BCUT2D eigenvalue weighted by atomic mass is 32.2. The third-order valence-corrected chi connectivity index (χ3v) is 5.79. The number of nitrogens with zero attached hydrogens (tertiary/aromatic N) is 1. The Balaban J connectivity index is 1.58. The molecule has 148 valence electrons. The fourth-order valence-corrected chi connectivity index (χ4v) is 4.24. The number of carbonyl (C=O) groups excluding carboxylic acids is 2. The van der Waals surface area contributed by atoms with Crippen molar-refractivity contribution in [3.8, 4) is 11.5 Å². The lowest BCUT2D eigenvalue weighted by molar-refractivity contribution is -0.121. The van der Waals surface area contributed by atoms with Gasteiger partial charge in [0.2, 0.25) is 0 Å². The molecule has 0 unspecified atom stereocenters. The van der Waals surface area contributed by atoms with Gasteiger partial charge in [-0.15, -0.1) is 0 Å². The largest absolute Gasteiger partial charge is 0.497 e. The van der Waals surface area contributed by atoms with E-state index in [0.29, 0.717) is 33.6 Å². The summed E-state index contributed by atoms with van der Waals surface area (Å²) < 4.78 is 11.3. The minimum Gasteiger partial charge on any atom is -0.497 e. The summed E-state index contributed by atoms with van der Waals surface area (Å²) in [7, 11) is 1.63. The lowest BCUT2D eigenvalue weighted by Crippen LogP contribution is -2.40. The number of fused-ring (bicyclic) bond motifs is 1. The van der Waals surface area contributed by atoms with E-state index in [0.717, 1.165) is 16.9 Å². The maximum absolute atomic E-state index is 12.5. The fraction of sp³-hybridized carbons (Fsp3) is 0.190. The second-order valence-electron chi connectivity index (χ2n) is 6.51. The Morgan fingerprint density at radius 1 is 1.28 bits per heavy atom. The molecular formula is C21H18N2O4S2. The van der Waals surface area contributed by atoms with Gasteiger partial charge in [-0.2, -0.15) is 0 Å². The number of methoxy groups -OCH3 is 1. The van der Waals surface area contributed by atoms with Crippen molar-refractivity contribution in [2.75, 3.05) is 25.2 Å². The van der Waals surface area contributed by atoms with Crippen LogP contribution in [-0.4, -0.2) is 36.4 Å². The molecule has 0 spiro atoms. The smallest absolute Gasteiger partial charge is 0.265 e. The highest BCUT2D eigenvalue weighted by Crippen LogP contribution is 2.35. The quantitative estimate of drug-likeness (QED) is 0.585. The van der Waals surface area contributed by atoms with Gasteiger partial charge in [0.05, 0.1) is 17.7 Å². The number of anilines is 1. The number of hydrogen-bond donors (Lipinski definition) is 1. The van der Waals surface area contributed by atoms with Crippen LogP contribution < -0.4 is 19.7 Å². The average Bonchev–Trinajstić information content (AvgIpc) is 3.04. The van der Waals surface area contributed by atoms with Crippen molar-refractivity contribution in [1.29, 1.82) is 0 Å². The molecule has 2 aromatic rings. The summed E-state index contributed by atoms with van der Waals surface area (Å²) in [5.74, 6) is 1.13. The van der Waals surface area contributed by atoms with Gasteiger partial charge in [-0.05, 0) is 47.9 Å². The summed E-state index contributed by atoms with van der Waals surface area (Å²) >= 11 is 6.25. The first-order valence-corrected chi connectivity index (χ1v) is 10.2. The van der Waals surface area contributed by atoms with Crippen LogP contribution in [0.2, 0.25) is 0 Å². The number of thiocarbonyl (C=S) groups is 1. The molecule has 0 aliphatic carbocycles. The molecule has 1 fully saturated rings. The number of hydrogen-bond acceptors (Lipinski definition) is 6. The molecule has 2 aliphatic rings. The van der Waals surface area contributed by atoms with E-state index in [1.165, 1.54) is 11.8 Å². The van der Waals surface area contributed by atoms with E-state index in [2.05, 4.69) is 5.32 Å². The van der Waals surface area contributed by atoms with Crippen molar-refractivity contribution in [3.05, 3.63) is 58.5 Å². The Morgan fingerprint density at radius 3 is 2.90 bits per heavy atom. The number of carbonyl (C=O) groups is 2. The number of ether oxygens (including phenoxy) is 2. The van der Waals surface area contributed by atoms with Crippen LogP contribution in [0.4, 0.5) is 5.69 Å². The van der Waals surface area contributed by atoms with Gasteiger partial charge in [0, 0.05) is 6.54 Å². The van der Waals surface area contributed by atoms with Gasteiger partial charge < -0.3 is 19.7 Å². The topological polar surface area (TPSA) is 67.9 Å². The van der Waals surface area contributed by atoms with Gasteiger partial charge >= 0.3 is 0 Å². The Kier molecular flexibility index (Phi) is 5.55. The molecule has 29 heavy (non-hydrogen) atoms. The van der Waals surface area contributed by atoms with Crippen LogP contribution in [0.3, 0.4) is 0 Å². The van der Waals surface area contributed by atoms with E-state index in [-0.39, 0.29) is 18.4 Å². The first-order valence-electron chi connectivity index (χ1n) is 8.98. The third-order valence-electron chi connectivity index (χ3n) is 4.62. The predicted octanol–water partition coefficient (Wildman–Crippen LogP) is 3.15. The van der Waals surface area contributed by atoms with Gasteiger partial charge in [-0.1, -0.05) is 42.2 Å². The van der Waals surface area contributed by atoms with Gasteiger partial charge in [0.25, 0.3) is 11.8 Å². The molecular weight excluding hydrogens is 408 g/mol. The van der Waals surface area contributed by atoms with Gasteiger partial charge in [0.15, 0.2) is 6.61 Å². The maximum Gasteiger partial charge on any atom is 0.265 e. The Hall–Kier alpha value is -2.84. The maximum atomic E-state index is 12.5. The average molecular weight is 427 g/mol. The van der Waals surface area contributed by atoms with Gasteiger partial charge in [0.1, 0.15) is 15.8 Å². The number of thioether (sulfide) groups is 1. The van der Waals surface area contributed by atoms with E-state index < -0.39 is 0 Å². The molecule has 1 saturated heterocycles. The summed E-state index contributed by atoms with van der Waals surface area (Å²) in [6, 6.07) is 13.3. The molecule has 4 rings (SSSR count). The van der Waals surface area contributed by atoms with E-state index in [1.54, 1.807) is 18.1 Å². The van der Waals surface area contributed by atoms with Crippen molar-refractivity contribution < 1.29 is 19.1 Å². The summed E-state index contributed by atoms with van der Waals surface area (Å²) in [5.41, 5.74) is 2.58. The van der Waals surface area contributed by atoms with Crippen LogP contribution in [0.15, 0.2) is 47.4 Å². The Labute approximate surface area is 177 Å². The van der Waals surface area contributed by atoms with Crippen molar-refractivity contribution in [2.45, 2.75) is 6.42 Å². The summed E-state index contributed by atoms with van der Waals surface area (Å²) in [4.78, 5) is 26.7. The molecule has 2 heterocycles. The van der Waals surface area contributed by atoms with Crippen LogP contribution in [0.5, 0.6) is 11.5 Å². The highest BCUT2D eigenvalue weighted by molar-refractivity contribution is 8.26. The molecule has 0 saturated carbocycles. The minimum absolute atomic E-state index is 0.0120. The normalized spacial score (nSPS) is 17.2. The highest BCUT2D eigenvalue weighted by Gasteiger charge is 2.26. The summed E-state index contributed by atoms with van der Waals surface area (Å²) in [6.45, 7) is 0.528.